The van der Waals surface area contributed by atoms with Gasteiger partial charge < -0.3 is 14.7 Å². The number of nitrogens with zero attached hydrogens (tertiary/aromatic N) is 2. The summed E-state index contributed by atoms with van der Waals surface area (Å²) in [7, 11) is 0. The van der Waals surface area contributed by atoms with Gasteiger partial charge in [-0.2, -0.15) is 13.2 Å². The van der Waals surface area contributed by atoms with Crippen LogP contribution in [0.15, 0.2) is 34.9 Å². The smallest absolute Gasteiger partial charge is 0.360 e. The predicted octanol–water partition coefficient (Wildman–Crippen LogP) is 3.88. The Hall–Kier alpha value is -2.84. The number of carbonyl (C=O) groups is 2. The first-order chi connectivity index (χ1) is 12.6. The van der Waals surface area contributed by atoms with Crippen molar-refractivity contribution in [2.45, 2.75) is 39.4 Å². The number of hydrogen-bond acceptors (Lipinski definition) is 4. The van der Waals surface area contributed by atoms with E-state index in [2.05, 4.69) is 10.5 Å². The van der Waals surface area contributed by atoms with Gasteiger partial charge in [-0.25, -0.2) is 0 Å². The van der Waals surface area contributed by atoms with Gasteiger partial charge in [-0.15, -0.1) is 0 Å². The maximum Gasteiger partial charge on any atom is 0.416 e. The Morgan fingerprint density at radius 1 is 1.26 bits per heavy atom. The molecule has 1 aromatic heterocycles. The van der Waals surface area contributed by atoms with Crippen LogP contribution in [0.5, 0.6) is 0 Å². The van der Waals surface area contributed by atoms with Gasteiger partial charge in [0.2, 0.25) is 5.91 Å². The fourth-order valence-corrected chi connectivity index (χ4v) is 2.38. The van der Waals surface area contributed by atoms with E-state index in [1.807, 2.05) is 6.92 Å². The monoisotopic (exact) mass is 383 g/mol. The molecule has 27 heavy (non-hydrogen) atoms. The molecule has 1 unspecified atom stereocenters. The molecule has 0 fully saturated rings. The van der Waals surface area contributed by atoms with Crippen molar-refractivity contribution in [3.63, 3.8) is 0 Å². The van der Waals surface area contributed by atoms with Gasteiger partial charge in [0.1, 0.15) is 12.3 Å². The number of aryl methyl sites for hydroxylation is 1. The van der Waals surface area contributed by atoms with Crippen molar-refractivity contribution < 1.29 is 27.3 Å². The van der Waals surface area contributed by atoms with Crippen molar-refractivity contribution in [2.75, 3.05) is 11.9 Å². The summed E-state index contributed by atoms with van der Waals surface area (Å²) in [4.78, 5) is 26.3. The minimum Gasteiger partial charge on any atom is -0.360 e. The van der Waals surface area contributed by atoms with Gasteiger partial charge in [0.05, 0.1) is 5.56 Å². The second-order valence-electron chi connectivity index (χ2n) is 6.14. The second-order valence-corrected chi connectivity index (χ2v) is 6.14. The highest BCUT2D eigenvalue weighted by Gasteiger charge is 2.31. The SMILES string of the molecule is CCC(C)N(CC(=O)Nc1cc(C)on1)C(=O)c1ccc(C(F)(F)F)cc1. The highest BCUT2D eigenvalue weighted by atomic mass is 19.4. The third kappa shape index (κ3) is 5.32. The second kappa shape index (κ2) is 8.24. The average molecular weight is 383 g/mol. The van der Waals surface area contributed by atoms with Crippen LogP contribution in [-0.2, 0) is 11.0 Å². The fourth-order valence-electron chi connectivity index (χ4n) is 2.38. The summed E-state index contributed by atoms with van der Waals surface area (Å²) in [6, 6.07) is 5.16. The molecule has 0 aliphatic heterocycles. The molecule has 0 bridgehead atoms. The lowest BCUT2D eigenvalue weighted by Gasteiger charge is -2.28. The van der Waals surface area contributed by atoms with Crippen LogP contribution in [0, 0.1) is 6.92 Å². The predicted molar refractivity (Wildman–Crippen MR) is 92.1 cm³/mol. The van der Waals surface area contributed by atoms with Crippen LogP contribution in [0.1, 0.15) is 41.9 Å². The molecule has 0 aliphatic rings. The summed E-state index contributed by atoms with van der Waals surface area (Å²) in [5, 5.41) is 6.17. The molecule has 0 radical (unpaired) electrons. The van der Waals surface area contributed by atoms with Gasteiger partial charge in [-0.05, 0) is 44.5 Å². The van der Waals surface area contributed by atoms with E-state index in [1.54, 1.807) is 13.8 Å². The van der Waals surface area contributed by atoms with Crippen LogP contribution in [0.4, 0.5) is 19.0 Å². The largest absolute Gasteiger partial charge is 0.416 e. The summed E-state index contributed by atoms with van der Waals surface area (Å²) >= 11 is 0. The van der Waals surface area contributed by atoms with Crippen LogP contribution in [0.2, 0.25) is 0 Å². The molecule has 0 aliphatic carbocycles. The Bertz CT molecular complexity index is 800. The van der Waals surface area contributed by atoms with Crippen molar-refractivity contribution in [3.05, 3.63) is 47.2 Å². The summed E-state index contributed by atoms with van der Waals surface area (Å²) in [5.74, 6) is -0.262. The van der Waals surface area contributed by atoms with Crippen molar-refractivity contribution in [1.82, 2.24) is 10.1 Å². The Morgan fingerprint density at radius 2 is 1.89 bits per heavy atom. The van der Waals surface area contributed by atoms with E-state index in [9.17, 15) is 22.8 Å². The van der Waals surface area contributed by atoms with E-state index in [-0.39, 0.29) is 24.0 Å². The van der Waals surface area contributed by atoms with Gasteiger partial charge in [0.15, 0.2) is 5.82 Å². The first-order valence-corrected chi connectivity index (χ1v) is 8.33. The lowest BCUT2D eigenvalue weighted by Crippen LogP contribution is -2.43. The maximum atomic E-state index is 12.7. The van der Waals surface area contributed by atoms with Crippen LogP contribution in [-0.4, -0.2) is 34.5 Å². The molecule has 2 rings (SSSR count). The molecular weight excluding hydrogens is 363 g/mol. The van der Waals surface area contributed by atoms with E-state index in [0.29, 0.717) is 12.2 Å². The Morgan fingerprint density at radius 3 is 2.37 bits per heavy atom. The number of anilines is 1. The highest BCUT2D eigenvalue weighted by molar-refractivity contribution is 5.99. The Kier molecular flexibility index (Phi) is 6.24. The molecule has 2 aromatic rings. The molecule has 1 atom stereocenters. The number of carbonyl (C=O) groups excluding carboxylic acids is 2. The third-order valence-electron chi connectivity index (χ3n) is 4.05. The van der Waals surface area contributed by atoms with E-state index in [1.165, 1.54) is 11.0 Å². The number of alkyl halides is 3. The number of benzene rings is 1. The van der Waals surface area contributed by atoms with Gasteiger partial charge in [0.25, 0.3) is 5.91 Å². The zero-order valence-corrected chi connectivity index (χ0v) is 15.1. The first-order valence-electron chi connectivity index (χ1n) is 8.33. The summed E-state index contributed by atoms with van der Waals surface area (Å²) < 4.78 is 42.9. The minimum atomic E-state index is -4.48. The van der Waals surface area contributed by atoms with E-state index < -0.39 is 23.6 Å². The van der Waals surface area contributed by atoms with Gasteiger partial charge in [-0.3, -0.25) is 9.59 Å². The number of aromatic nitrogens is 1. The molecule has 9 heteroatoms. The maximum absolute atomic E-state index is 12.7. The minimum absolute atomic E-state index is 0.0772. The normalized spacial score (nSPS) is 12.5. The lowest BCUT2D eigenvalue weighted by molar-refractivity contribution is -0.137. The zero-order valence-electron chi connectivity index (χ0n) is 15.1. The molecular formula is C18H20F3N3O3. The summed E-state index contributed by atoms with van der Waals surface area (Å²) in [6.45, 7) is 5.01. The van der Waals surface area contributed by atoms with E-state index >= 15 is 0 Å². The van der Waals surface area contributed by atoms with Crippen LogP contribution in [0.25, 0.3) is 0 Å². The topological polar surface area (TPSA) is 75.4 Å². The quantitative estimate of drug-likeness (QED) is 0.821. The number of rotatable bonds is 6. The van der Waals surface area contributed by atoms with Crippen molar-refractivity contribution in [1.29, 1.82) is 0 Å². The average Bonchev–Trinajstić information content (AvgIpc) is 3.02. The summed E-state index contributed by atoms with van der Waals surface area (Å²) in [5.41, 5.74) is -0.762. The van der Waals surface area contributed by atoms with Crippen molar-refractivity contribution in [2.24, 2.45) is 0 Å². The van der Waals surface area contributed by atoms with Crippen LogP contribution >= 0.6 is 0 Å². The number of amides is 2. The highest BCUT2D eigenvalue weighted by Crippen LogP contribution is 2.29. The molecule has 1 heterocycles. The van der Waals surface area contributed by atoms with Gasteiger partial charge in [-0.1, -0.05) is 12.1 Å². The first kappa shape index (κ1) is 20.5. The van der Waals surface area contributed by atoms with Crippen molar-refractivity contribution in [3.8, 4) is 0 Å². The molecule has 1 N–H and O–H groups in total. The van der Waals surface area contributed by atoms with Crippen LogP contribution in [0.3, 0.4) is 0 Å². The van der Waals surface area contributed by atoms with E-state index in [0.717, 1.165) is 24.3 Å². The fraction of sp³-hybridized carbons (Fsp3) is 0.389. The summed E-state index contributed by atoms with van der Waals surface area (Å²) in [6.07, 6.45) is -3.91. The number of halogens is 3. The Balaban J connectivity index is 2.14. The van der Waals surface area contributed by atoms with Crippen LogP contribution < -0.4 is 5.32 Å². The number of nitrogens with one attached hydrogen (secondary N) is 1. The van der Waals surface area contributed by atoms with Gasteiger partial charge >= 0.3 is 6.18 Å². The molecule has 6 nitrogen and oxygen atoms in total. The zero-order chi connectivity index (χ0) is 20.2. The molecule has 1 aromatic carbocycles. The van der Waals surface area contributed by atoms with Crippen molar-refractivity contribution >= 4 is 17.6 Å². The Labute approximate surface area is 154 Å². The molecule has 0 saturated carbocycles. The molecule has 146 valence electrons. The van der Waals surface area contributed by atoms with Gasteiger partial charge in [0, 0.05) is 17.7 Å². The molecule has 0 spiro atoms. The number of hydrogen-bond donors (Lipinski definition) is 1. The van der Waals surface area contributed by atoms with E-state index in [4.69, 9.17) is 4.52 Å². The molecule has 2 amide bonds. The molecule has 0 saturated heterocycles. The third-order valence-corrected chi connectivity index (χ3v) is 4.05. The standard InChI is InChI=1S/C18H20F3N3O3/c1-4-11(2)24(10-16(25)22-15-9-12(3)27-23-15)17(26)13-5-7-14(8-6-13)18(19,20)21/h5-9,11H,4,10H2,1-3H3,(H,22,23,25). The lowest BCUT2D eigenvalue weighted by atomic mass is 10.1.